The number of hydrogen-bond acceptors (Lipinski definition) is 1. The first-order chi connectivity index (χ1) is 4.27. The predicted octanol–water partition coefficient (Wildman–Crippen LogP) is 1.59. The van der Waals surface area contributed by atoms with Crippen molar-refractivity contribution in [1.29, 1.82) is 0 Å². The van der Waals surface area contributed by atoms with E-state index in [4.69, 9.17) is 11.6 Å². The Kier molecular flexibility index (Phi) is 1.10. The Bertz CT molecular complexity index is 153. The van der Waals surface area contributed by atoms with Gasteiger partial charge in [0.15, 0.2) is 0 Å². The Morgan fingerprint density at radius 3 is 2.56 bits per heavy atom. The molecule has 2 aliphatic carbocycles. The van der Waals surface area contributed by atoms with Crippen molar-refractivity contribution >= 4 is 17.4 Å². The van der Waals surface area contributed by atoms with Gasteiger partial charge in [-0.3, -0.25) is 4.79 Å². The van der Waals surface area contributed by atoms with Gasteiger partial charge >= 0.3 is 0 Å². The summed E-state index contributed by atoms with van der Waals surface area (Å²) in [5.41, 5.74) is 0. The molecule has 0 aliphatic heterocycles. The molecule has 2 heteroatoms. The Morgan fingerprint density at radius 1 is 1.44 bits per heavy atom. The van der Waals surface area contributed by atoms with E-state index in [9.17, 15) is 4.79 Å². The summed E-state index contributed by atoms with van der Waals surface area (Å²) in [6.07, 6.45) is 2.79. The fraction of sp³-hybridized carbons (Fsp3) is 0.857. The van der Waals surface area contributed by atoms with Crippen molar-refractivity contribution in [3.8, 4) is 0 Å². The van der Waals surface area contributed by atoms with Crippen molar-refractivity contribution < 1.29 is 4.79 Å². The molecule has 0 aromatic heterocycles. The summed E-state index contributed by atoms with van der Waals surface area (Å²) in [5, 5.41) is 0.313. The fourth-order valence-electron chi connectivity index (χ4n) is 1.97. The summed E-state index contributed by atoms with van der Waals surface area (Å²) in [5.74, 6) is 1.33. The molecule has 0 N–H and O–H groups in total. The number of Topliss-reactive ketones (excluding diaryl/α,β-unsaturated/α-hetero) is 1. The lowest BCUT2D eigenvalue weighted by Crippen LogP contribution is -2.16. The SMILES string of the molecule is O=C1C[C@H]2C[C@@H]1C[C@H]2Cl. The predicted molar refractivity (Wildman–Crippen MR) is 35.5 cm³/mol. The van der Waals surface area contributed by atoms with Gasteiger partial charge in [-0.05, 0) is 18.8 Å². The molecule has 50 valence electrons. The molecule has 0 unspecified atom stereocenters. The van der Waals surface area contributed by atoms with Gasteiger partial charge < -0.3 is 0 Å². The number of halogens is 1. The van der Waals surface area contributed by atoms with Crippen LogP contribution in [0.15, 0.2) is 0 Å². The molecule has 2 aliphatic rings. The van der Waals surface area contributed by atoms with E-state index in [0.29, 0.717) is 23.0 Å². The monoisotopic (exact) mass is 144 g/mol. The average Bonchev–Trinajstić information content (AvgIpc) is 2.24. The third-order valence-electron chi connectivity index (χ3n) is 2.53. The van der Waals surface area contributed by atoms with E-state index in [-0.39, 0.29) is 0 Å². The number of fused-ring (bicyclic) bond motifs is 2. The largest absolute Gasteiger partial charge is 0.299 e. The van der Waals surface area contributed by atoms with Crippen LogP contribution < -0.4 is 0 Å². The van der Waals surface area contributed by atoms with Crippen LogP contribution in [0.5, 0.6) is 0 Å². The summed E-state index contributed by atoms with van der Waals surface area (Å²) >= 11 is 5.92. The van der Waals surface area contributed by atoms with E-state index in [1.165, 1.54) is 0 Å². The highest BCUT2D eigenvalue weighted by molar-refractivity contribution is 6.21. The van der Waals surface area contributed by atoms with Gasteiger partial charge in [-0.2, -0.15) is 0 Å². The maximum atomic E-state index is 10.9. The van der Waals surface area contributed by atoms with E-state index < -0.39 is 0 Å². The van der Waals surface area contributed by atoms with Crippen molar-refractivity contribution in [3.05, 3.63) is 0 Å². The van der Waals surface area contributed by atoms with Crippen molar-refractivity contribution in [3.63, 3.8) is 0 Å². The zero-order chi connectivity index (χ0) is 6.43. The lowest BCUT2D eigenvalue weighted by molar-refractivity contribution is -0.121. The summed E-state index contributed by atoms with van der Waals surface area (Å²) < 4.78 is 0. The standard InChI is InChI=1S/C7H9ClO/c8-6-2-5-1-4(6)3-7(5)9/h4-6H,1-3H2/t4-,5-,6-/m1/s1. The van der Waals surface area contributed by atoms with Gasteiger partial charge in [0.25, 0.3) is 0 Å². The molecule has 0 radical (unpaired) electrons. The summed E-state index contributed by atoms with van der Waals surface area (Å²) in [7, 11) is 0. The van der Waals surface area contributed by atoms with Crippen LogP contribution in [-0.2, 0) is 4.79 Å². The number of ketones is 1. The molecule has 0 aromatic rings. The van der Waals surface area contributed by atoms with Gasteiger partial charge in [0, 0.05) is 17.7 Å². The molecule has 0 heterocycles. The van der Waals surface area contributed by atoms with E-state index >= 15 is 0 Å². The number of carbonyl (C=O) groups excluding carboxylic acids is 1. The smallest absolute Gasteiger partial charge is 0.136 e. The Hall–Kier alpha value is -0.0400. The molecule has 0 amide bonds. The van der Waals surface area contributed by atoms with Gasteiger partial charge in [0.1, 0.15) is 5.78 Å². The summed E-state index contributed by atoms with van der Waals surface area (Å²) in [4.78, 5) is 10.9. The third kappa shape index (κ3) is 0.710. The molecule has 0 spiro atoms. The van der Waals surface area contributed by atoms with E-state index in [0.717, 1.165) is 19.3 Å². The molecule has 0 aromatic carbocycles. The lowest BCUT2D eigenvalue weighted by Gasteiger charge is -2.12. The maximum Gasteiger partial charge on any atom is 0.136 e. The number of rotatable bonds is 0. The molecular weight excluding hydrogens is 136 g/mol. The van der Waals surface area contributed by atoms with Crippen molar-refractivity contribution in [2.45, 2.75) is 24.6 Å². The summed E-state index contributed by atoms with van der Waals surface area (Å²) in [6, 6.07) is 0. The second kappa shape index (κ2) is 1.72. The van der Waals surface area contributed by atoms with Gasteiger partial charge in [-0.25, -0.2) is 0 Å². The van der Waals surface area contributed by atoms with E-state index in [1.54, 1.807) is 0 Å². The topological polar surface area (TPSA) is 17.1 Å². The lowest BCUT2D eigenvalue weighted by atomic mass is 9.99. The molecule has 2 rings (SSSR count). The van der Waals surface area contributed by atoms with Crippen LogP contribution in [0.3, 0.4) is 0 Å². The number of alkyl halides is 1. The minimum absolute atomic E-state index is 0.313. The van der Waals surface area contributed by atoms with Crippen LogP contribution in [0.25, 0.3) is 0 Å². The van der Waals surface area contributed by atoms with Crippen molar-refractivity contribution in [2.75, 3.05) is 0 Å². The molecule has 2 saturated carbocycles. The average molecular weight is 145 g/mol. The highest BCUT2D eigenvalue weighted by Gasteiger charge is 2.43. The second-order valence-corrected chi connectivity index (χ2v) is 3.68. The molecular formula is C7H9ClO. The zero-order valence-corrected chi connectivity index (χ0v) is 5.90. The normalized spacial score (nSPS) is 48.6. The van der Waals surface area contributed by atoms with Crippen LogP contribution in [0, 0.1) is 11.8 Å². The minimum Gasteiger partial charge on any atom is -0.299 e. The van der Waals surface area contributed by atoms with Gasteiger partial charge in [-0.1, -0.05) is 0 Å². The zero-order valence-electron chi connectivity index (χ0n) is 5.14. The highest BCUT2D eigenvalue weighted by Crippen LogP contribution is 2.44. The molecule has 0 saturated heterocycles. The number of hydrogen-bond donors (Lipinski definition) is 0. The molecule has 9 heavy (non-hydrogen) atoms. The molecule has 2 fully saturated rings. The molecule has 2 bridgehead atoms. The van der Waals surface area contributed by atoms with Crippen LogP contribution in [-0.4, -0.2) is 11.2 Å². The molecule has 1 nitrogen and oxygen atoms in total. The van der Waals surface area contributed by atoms with Gasteiger partial charge in [0.05, 0.1) is 0 Å². The van der Waals surface area contributed by atoms with Crippen LogP contribution in [0.4, 0.5) is 0 Å². The second-order valence-electron chi connectivity index (χ2n) is 3.11. The van der Waals surface area contributed by atoms with Gasteiger partial charge in [0.2, 0.25) is 0 Å². The van der Waals surface area contributed by atoms with Gasteiger partial charge in [-0.15, -0.1) is 11.6 Å². The van der Waals surface area contributed by atoms with Crippen LogP contribution >= 0.6 is 11.6 Å². The summed E-state index contributed by atoms with van der Waals surface area (Å²) in [6.45, 7) is 0. The first-order valence-electron chi connectivity index (χ1n) is 3.44. The van der Waals surface area contributed by atoms with E-state index in [1.807, 2.05) is 0 Å². The maximum absolute atomic E-state index is 10.9. The highest BCUT2D eigenvalue weighted by atomic mass is 35.5. The fourth-order valence-corrected chi connectivity index (χ4v) is 2.38. The Labute approximate surface area is 59.4 Å². The van der Waals surface area contributed by atoms with Crippen LogP contribution in [0.2, 0.25) is 0 Å². The minimum atomic E-state index is 0.313. The van der Waals surface area contributed by atoms with Crippen molar-refractivity contribution in [2.24, 2.45) is 11.8 Å². The van der Waals surface area contributed by atoms with E-state index in [2.05, 4.69) is 0 Å². The first-order valence-corrected chi connectivity index (χ1v) is 3.88. The van der Waals surface area contributed by atoms with Crippen molar-refractivity contribution in [1.82, 2.24) is 0 Å². The van der Waals surface area contributed by atoms with Crippen LogP contribution in [0.1, 0.15) is 19.3 Å². The Balaban J connectivity index is 2.19. The Morgan fingerprint density at radius 2 is 2.22 bits per heavy atom. The number of carbonyl (C=O) groups is 1. The third-order valence-corrected chi connectivity index (χ3v) is 3.06. The quantitative estimate of drug-likeness (QED) is 0.472. The first kappa shape index (κ1) is 5.72. The molecule has 3 atom stereocenters.